The van der Waals surface area contributed by atoms with Crippen LogP contribution in [-0.2, 0) is 5.88 Å². The van der Waals surface area contributed by atoms with Crippen LogP contribution in [0.1, 0.15) is 18.9 Å². The third kappa shape index (κ3) is 2.42. The highest BCUT2D eigenvalue weighted by atomic mass is 35.5. The van der Waals surface area contributed by atoms with Gasteiger partial charge in [-0.05, 0) is 18.1 Å². The number of hydrogen-bond acceptors (Lipinski definition) is 1. The predicted octanol–water partition coefficient (Wildman–Crippen LogP) is 3.25. The summed E-state index contributed by atoms with van der Waals surface area (Å²) in [6.45, 7) is 3.16. The van der Waals surface area contributed by atoms with Crippen molar-refractivity contribution in [2.75, 3.05) is 11.9 Å². The lowest BCUT2D eigenvalue weighted by atomic mass is 10.2. The second-order valence-corrected chi connectivity index (χ2v) is 2.98. The van der Waals surface area contributed by atoms with Gasteiger partial charge in [-0.3, -0.25) is 0 Å². The number of halogens is 1. The van der Waals surface area contributed by atoms with Crippen molar-refractivity contribution in [2.45, 2.75) is 19.2 Å². The van der Waals surface area contributed by atoms with Gasteiger partial charge in [0.2, 0.25) is 0 Å². The van der Waals surface area contributed by atoms with E-state index in [4.69, 9.17) is 11.6 Å². The Morgan fingerprint density at radius 1 is 1.33 bits per heavy atom. The van der Waals surface area contributed by atoms with Crippen molar-refractivity contribution >= 4 is 17.3 Å². The van der Waals surface area contributed by atoms with Gasteiger partial charge in [0.15, 0.2) is 0 Å². The molecule has 0 aliphatic heterocycles. The van der Waals surface area contributed by atoms with Crippen LogP contribution in [-0.4, -0.2) is 6.54 Å². The first-order chi connectivity index (χ1) is 5.88. The SMILES string of the molecule is CCCNc1ccccc1CCl. The minimum atomic E-state index is 0.576. The van der Waals surface area contributed by atoms with Crippen molar-refractivity contribution in [1.82, 2.24) is 0 Å². The van der Waals surface area contributed by atoms with E-state index in [0.29, 0.717) is 5.88 Å². The number of benzene rings is 1. The summed E-state index contributed by atoms with van der Waals surface area (Å²) in [7, 11) is 0. The van der Waals surface area contributed by atoms with Crippen molar-refractivity contribution < 1.29 is 0 Å². The van der Waals surface area contributed by atoms with Crippen molar-refractivity contribution in [3.63, 3.8) is 0 Å². The van der Waals surface area contributed by atoms with Crippen LogP contribution in [0, 0.1) is 0 Å². The van der Waals surface area contributed by atoms with Crippen molar-refractivity contribution in [1.29, 1.82) is 0 Å². The Morgan fingerprint density at radius 3 is 2.75 bits per heavy atom. The molecule has 0 spiro atoms. The smallest absolute Gasteiger partial charge is 0.0494 e. The summed E-state index contributed by atoms with van der Waals surface area (Å²) in [5, 5.41) is 3.33. The Kier molecular flexibility index (Phi) is 3.95. The lowest BCUT2D eigenvalue weighted by molar-refractivity contribution is 0.977. The molecule has 0 saturated carbocycles. The van der Waals surface area contributed by atoms with Gasteiger partial charge in [0, 0.05) is 18.1 Å². The summed E-state index contributed by atoms with van der Waals surface area (Å²) in [6, 6.07) is 8.14. The first-order valence-corrected chi connectivity index (χ1v) is 4.79. The summed E-state index contributed by atoms with van der Waals surface area (Å²) in [4.78, 5) is 0. The number of nitrogens with one attached hydrogen (secondary N) is 1. The van der Waals surface area contributed by atoms with Crippen LogP contribution in [0.4, 0.5) is 5.69 Å². The standard InChI is InChI=1S/C10H14ClN/c1-2-7-12-10-6-4-3-5-9(10)8-11/h3-6,12H,2,7-8H2,1H3. The Labute approximate surface area is 78.7 Å². The fourth-order valence-corrected chi connectivity index (χ4v) is 1.30. The van der Waals surface area contributed by atoms with E-state index in [0.717, 1.165) is 18.7 Å². The molecule has 0 atom stereocenters. The monoisotopic (exact) mass is 183 g/mol. The zero-order valence-corrected chi connectivity index (χ0v) is 8.06. The molecule has 12 heavy (non-hydrogen) atoms. The van der Waals surface area contributed by atoms with E-state index in [1.54, 1.807) is 0 Å². The van der Waals surface area contributed by atoms with Gasteiger partial charge < -0.3 is 5.32 Å². The molecular formula is C10H14ClN. The Morgan fingerprint density at radius 2 is 2.08 bits per heavy atom. The van der Waals surface area contributed by atoms with Crippen molar-refractivity contribution in [2.24, 2.45) is 0 Å². The van der Waals surface area contributed by atoms with Gasteiger partial charge in [0.25, 0.3) is 0 Å². The van der Waals surface area contributed by atoms with Crippen LogP contribution >= 0.6 is 11.6 Å². The van der Waals surface area contributed by atoms with E-state index >= 15 is 0 Å². The van der Waals surface area contributed by atoms with E-state index in [2.05, 4.69) is 18.3 Å². The first kappa shape index (κ1) is 9.40. The van der Waals surface area contributed by atoms with Gasteiger partial charge in [-0.2, -0.15) is 0 Å². The van der Waals surface area contributed by atoms with Gasteiger partial charge in [-0.1, -0.05) is 25.1 Å². The van der Waals surface area contributed by atoms with Crippen LogP contribution in [0.2, 0.25) is 0 Å². The Bertz CT molecular complexity index is 235. The highest BCUT2D eigenvalue weighted by Gasteiger charge is 1.97. The third-order valence-corrected chi connectivity index (χ3v) is 2.01. The van der Waals surface area contributed by atoms with Crippen LogP contribution < -0.4 is 5.32 Å². The molecule has 66 valence electrons. The van der Waals surface area contributed by atoms with Crippen LogP contribution in [0.5, 0.6) is 0 Å². The van der Waals surface area contributed by atoms with Crippen LogP contribution in [0.25, 0.3) is 0 Å². The molecule has 0 aromatic heterocycles. The molecule has 0 bridgehead atoms. The van der Waals surface area contributed by atoms with E-state index < -0.39 is 0 Å². The van der Waals surface area contributed by atoms with Gasteiger partial charge in [-0.15, -0.1) is 11.6 Å². The summed E-state index contributed by atoms with van der Waals surface area (Å²) < 4.78 is 0. The topological polar surface area (TPSA) is 12.0 Å². The lowest BCUT2D eigenvalue weighted by Crippen LogP contribution is -2.01. The molecule has 2 heteroatoms. The number of alkyl halides is 1. The summed E-state index contributed by atoms with van der Waals surface area (Å²) in [6.07, 6.45) is 1.14. The maximum atomic E-state index is 5.77. The van der Waals surface area contributed by atoms with Crippen molar-refractivity contribution in [3.05, 3.63) is 29.8 Å². The van der Waals surface area contributed by atoms with E-state index in [-0.39, 0.29) is 0 Å². The number of anilines is 1. The van der Waals surface area contributed by atoms with Crippen LogP contribution in [0.3, 0.4) is 0 Å². The molecule has 1 rings (SSSR count). The third-order valence-electron chi connectivity index (χ3n) is 1.73. The molecular weight excluding hydrogens is 170 g/mol. The minimum absolute atomic E-state index is 0.576. The zero-order valence-electron chi connectivity index (χ0n) is 7.31. The molecule has 1 N–H and O–H groups in total. The second kappa shape index (κ2) is 5.04. The van der Waals surface area contributed by atoms with Crippen molar-refractivity contribution in [3.8, 4) is 0 Å². The van der Waals surface area contributed by atoms with Gasteiger partial charge in [0.1, 0.15) is 0 Å². The van der Waals surface area contributed by atoms with Crippen LogP contribution in [0.15, 0.2) is 24.3 Å². The fourth-order valence-electron chi connectivity index (χ4n) is 1.07. The molecule has 0 radical (unpaired) electrons. The largest absolute Gasteiger partial charge is 0.385 e. The number of rotatable bonds is 4. The molecule has 1 aromatic rings. The average Bonchev–Trinajstić information content (AvgIpc) is 2.15. The Balaban J connectivity index is 2.68. The number of para-hydroxylation sites is 1. The van der Waals surface area contributed by atoms with Gasteiger partial charge in [-0.25, -0.2) is 0 Å². The maximum Gasteiger partial charge on any atom is 0.0494 e. The summed E-state index contributed by atoms with van der Waals surface area (Å²) >= 11 is 5.77. The molecule has 0 fully saturated rings. The molecule has 0 amide bonds. The quantitative estimate of drug-likeness (QED) is 0.707. The normalized spacial score (nSPS) is 9.83. The molecule has 1 aromatic carbocycles. The minimum Gasteiger partial charge on any atom is -0.385 e. The molecule has 0 unspecified atom stereocenters. The average molecular weight is 184 g/mol. The highest BCUT2D eigenvalue weighted by molar-refractivity contribution is 6.17. The molecule has 0 saturated heterocycles. The molecule has 0 heterocycles. The Hall–Kier alpha value is -0.690. The van der Waals surface area contributed by atoms with E-state index in [1.165, 1.54) is 5.56 Å². The van der Waals surface area contributed by atoms with E-state index in [1.807, 2.05) is 18.2 Å². The number of hydrogen-bond donors (Lipinski definition) is 1. The summed E-state index contributed by atoms with van der Waals surface area (Å²) in [5.74, 6) is 0.576. The zero-order chi connectivity index (χ0) is 8.81. The molecule has 1 nitrogen and oxygen atoms in total. The lowest BCUT2D eigenvalue weighted by Gasteiger charge is -2.08. The molecule has 0 aliphatic carbocycles. The highest BCUT2D eigenvalue weighted by Crippen LogP contribution is 2.16. The van der Waals surface area contributed by atoms with Gasteiger partial charge in [0.05, 0.1) is 0 Å². The second-order valence-electron chi connectivity index (χ2n) is 2.72. The summed E-state index contributed by atoms with van der Waals surface area (Å²) in [5.41, 5.74) is 2.34. The maximum absolute atomic E-state index is 5.77. The predicted molar refractivity (Wildman–Crippen MR) is 54.8 cm³/mol. The fraction of sp³-hybridized carbons (Fsp3) is 0.400. The molecule has 0 aliphatic rings. The van der Waals surface area contributed by atoms with E-state index in [9.17, 15) is 0 Å². The first-order valence-electron chi connectivity index (χ1n) is 4.26. The van der Waals surface area contributed by atoms with Gasteiger partial charge >= 0.3 is 0 Å².